The number of anilines is 1. The van der Waals surface area contributed by atoms with Crippen LogP contribution in [-0.4, -0.2) is 26.1 Å². The normalized spacial score (nSPS) is 10.3. The van der Waals surface area contributed by atoms with Crippen molar-refractivity contribution in [1.29, 1.82) is 0 Å². The summed E-state index contributed by atoms with van der Waals surface area (Å²) in [5, 5.41) is 3.30. The van der Waals surface area contributed by atoms with E-state index in [2.05, 4.69) is 5.32 Å². The molecule has 0 bridgehead atoms. The van der Waals surface area contributed by atoms with E-state index in [0.717, 1.165) is 16.0 Å². The minimum absolute atomic E-state index is 0.349. The molecule has 1 N–H and O–H groups in total. The number of ether oxygens (including phenoxy) is 2. The predicted molar refractivity (Wildman–Crippen MR) is 107 cm³/mol. The Morgan fingerprint density at radius 1 is 0.963 bits per heavy atom. The molecule has 0 aliphatic carbocycles. The van der Waals surface area contributed by atoms with Gasteiger partial charge in [0.1, 0.15) is 16.3 Å². The third-order valence-corrected chi connectivity index (χ3v) is 5.14. The van der Waals surface area contributed by atoms with Crippen LogP contribution in [-0.2, 0) is 4.74 Å². The molecule has 0 unspecified atom stereocenters. The summed E-state index contributed by atoms with van der Waals surface area (Å²) in [6.45, 7) is 1.91. The molecule has 1 aromatic heterocycles. The lowest BCUT2D eigenvalue weighted by molar-refractivity contribution is 0.0603. The second-order valence-corrected chi connectivity index (χ2v) is 6.97. The lowest BCUT2D eigenvalue weighted by Gasteiger charge is -2.10. The molecule has 0 fully saturated rings. The van der Waals surface area contributed by atoms with Crippen molar-refractivity contribution >= 4 is 28.2 Å². The van der Waals surface area contributed by atoms with Gasteiger partial charge in [0.05, 0.1) is 19.8 Å². The number of thiophene rings is 1. The molecular formula is C21H19NO4S. The molecular weight excluding hydrogens is 362 g/mol. The van der Waals surface area contributed by atoms with Crippen LogP contribution in [0.4, 0.5) is 5.00 Å². The Morgan fingerprint density at radius 2 is 1.63 bits per heavy atom. The third kappa shape index (κ3) is 3.71. The van der Waals surface area contributed by atoms with Crippen LogP contribution in [0, 0.1) is 6.92 Å². The summed E-state index contributed by atoms with van der Waals surface area (Å²) >= 11 is 1.34. The lowest BCUT2D eigenvalue weighted by atomic mass is 10.0. The number of carbonyl (C=O) groups excluding carboxylic acids is 2. The van der Waals surface area contributed by atoms with Crippen LogP contribution in [0.2, 0.25) is 0 Å². The van der Waals surface area contributed by atoms with E-state index >= 15 is 0 Å². The van der Waals surface area contributed by atoms with Gasteiger partial charge in [-0.05, 0) is 24.6 Å². The SMILES string of the molecule is COC(=O)c1c(NC(=O)c2ccccc2OC)sc(C)c1-c1ccccc1. The quantitative estimate of drug-likeness (QED) is 0.647. The maximum absolute atomic E-state index is 12.8. The number of hydrogen-bond acceptors (Lipinski definition) is 5. The molecule has 3 aromatic rings. The van der Waals surface area contributed by atoms with E-state index in [-0.39, 0.29) is 5.91 Å². The highest BCUT2D eigenvalue weighted by atomic mass is 32.1. The minimum atomic E-state index is -0.492. The summed E-state index contributed by atoms with van der Waals surface area (Å²) in [7, 11) is 2.84. The predicted octanol–water partition coefficient (Wildman–Crippen LogP) is 4.77. The Hall–Kier alpha value is -3.12. The molecule has 0 aliphatic rings. The summed E-state index contributed by atoms with van der Waals surface area (Å²) in [6.07, 6.45) is 0. The molecule has 0 atom stereocenters. The maximum atomic E-state index is 12.8. The van der Waals surface area contributed by atoms with E-state index in [0.29, 0.717) is 21.9 Å². The fourth-order valence-corrected chi connectivity index (χ4v) is 3.94. The Labute approximate surface area is 161 Å². The van der Waals surface area contributed by atoms with Gasteiger partial charge in [-0.3, -0.25) is 4.79 Å². The fraction of sp³-hybridized carbons (Fsp3) is 0.143. The molecule has 0 spiro atoms. The number of amides is 1. The van der Waals surface area contributed by atoms with Gasteiger partial charge in [0.15, 0.2) is 0 Å². The lowest BCUT2D eigenvalue weighted by Crippen LogP contribution is -2.15. The zero-order valence-electron chi connectivity index (χ0n) is 15.2. The molecule has 3 rings (SSSR count). The molecule has 0 radical (unpaired) electrons. The Balaban J connectivity index is 2.06. The van der Waals surface area contributed by atoms with Crippen molar-refractivity contribution in [3.05, 3.63) is 70.6 Å². The van der Waals surface area contributed by atoms with E-state index in [9.17, 15) is 9.59 Å². The van der Waals surface area contributed by atoms with Gasteiger partial charge in [-0.15, -0.1) is 11.3 Å². The first-order chi connectivity index (χ1) is 13.1. The number of aryl methyl sites for hydroxylation is 1. The highest BCUT2D eigenvalue weighted by Gasteiger charge is 2.25. The van der Waals surface area contributed by atoms with Crippen LogP contribution in [0.15, 0.2) is 54.6 Å². The highest BCUT2D eigenvalue weighted by Crippen LogP contribution is 2.40. The van der Waals surface area contributed by atoms with Gasteiger partial charge in [-0.25, -0.2) is 4.79 Å². The van der Waals surface area contributed by atoms with Gasteiger partial charge in [0, 0.05) is 10.4 Å². The first-order valence-corrected chi connectivity index (χ1v) is 9.10. The molecule has 138 valence electrons. The van der Waals surface area contributed by atoms with Gasteiger partial charge in [-0.1, -0.05) is 42.5 Å². The summed E-state index contributed by atoms with van der Waals surface area (Å²) in [5.41, 5.74) is 2.41. The van der Waals surface area contributed by atoms with E-state index in [1.54, 1.807) is 24.3 Å². The van der Waals surface area contributed by atoms with Crippen molar-refractivity contribution in [3.8, 4) is 16.9 Å². The standard InChI is InChI=1S/C21H19NO4S/c1-13-17(14-9-5-4-6-10-14)18(21(24)26-3)20(27-13)22-19(23)15-11-7-8-12-16(15)25-2/h4-12H,1-3H3,(H,22,23). The number of methoxy groups -OCH3 is 2. The maximum Gasteiger partial charge on any atom is 0.341 e. The zero-order chi connectivity index (χ0) is 19.4. The number of hydrogen-bond donors (Lipinski definition) is 1. The van der Waals surface area contributed by atoms with Gasteiger partial charge in [0.25, 0.3) is 5.91 Å². The molecule has 0 aliphatic heterocycles. The second-order valence-electron chi connectivity index (χ2n) is 5.75. The van der Waals surface area contributed by atoms with Crippen LogP contribution in [0.5, 0.6) is 5.75 Å². The number of benzene rings is 2. The van der Waals surface area contributed by atoms with E-state index in [1.807, 2.05) is 37.3 Å². The Kier molecular flexibility index (Phi) is 5.57. The van der Waals surface area contributed by atoms with Gasteiger partial charge in [-0.2, -0.15) is 0 Å². The average Bonchev–Trinajstić information content (AvgIpc) is 3.03. The Morgan fingerprint density at radius 3 is 2.30 bits per heavy atom. The average molecular weight is 381 g/mol. The van der Waals surface area contributed by atoms with E-state index < -0.39 is 5.97 Å². The molecule has 1 amide bonds. The van der Waals surface area contributed by atoms with Crippen molar-refractivity contribution in [2.75, 3.05) is 19.5 Å². The number of rotatable bonds is 5. The van der Waals surface area contributed by atoms with Crippen LogP contribution in [0.25, 0.3) is 11.1 Å². The summed E-state index contributed by atoms with van der Waals surface area (Å²) in [4.78, 5) is 26.2. The Bertz CT molecular complexity index is 979. The van der Waals surface area contributed by atoms with Crippen molar-refractivity contribution in [3.63, 3.8) is 0 Å². The molecule has 1 heterocycles. The van der Waals surface area contributed by atoms with Gasteiger partial charge >= 0.3 is 5.97 Å². The number of para-hydroxylation sites is 1. The third-order valence-electron chi connectivity index (χ3n) is 4.11. The first-order valence-electron chi connectivity index (χ1n) is 8.28. The second kappa shape index (κ2) is 8.05. The van der Waals surface area contributed by atoms with Gasteiger partial charge in [0.2, 0.25) is 0 Å². The molecule has 27 heavy (non-hydrogen) atoms. The van der Waals surface area contributed by atoms with Crippen molar-refractivity contribution < 1.29 is 19.1 Å². The molecule has 2 aromatic carbocycles. The molecule has 6 heteroatoms. The summed E-state index contributed by atoms with van der Waals surface area (Å²) < 4.78 is 10.2. The van der Waals surface area contributed by atoms with Crippen molar-refractivity contribution in [2.24, 2.45) is 0 Å². The highest BCUT2D eigenvalue weighted by molar-refractivity contribution is 7.17. The van der Waals surface area contributed by atoms with Gasteiger partial charge < -0.3 is 14.8 Å². The number of nitrogens with one attached hydrogen (secondary N) is 1. The fourth-order valence-electron chi connectivity index (χ4n) is 2.88. The van der Waals surface area contributed by atoms with Crippen molar-refractivity contribution in [1.82, 2.24) is 0 Å². The number of esters is 1. The number of carbonyl (C=O) groups is 2. The first kappa shape index (κ1) is 18.7. The van der Waals surface area contributed by atoms with Crippen LogP contribution in [0.3, 0.4) is 0 Å². The zero-order valence-corrected chi connectivity index (χ0v) is 16.1. The van der Waals surface area contributed by atoms with E-state index in [4.69, 9.17) is 9.47 Å². The monoisotopic (exact) mass is 381 g/mol. The minimum Gasteiger partial charge on any atom is -0.496 e. The van der Waals surface area contributed by atoms with Crippen LogP contribution in [0.1, 0.15) is 25.6 Å². The largest absolute Gasteiger partial charge is 0.496 e. The summed E-state index contributed by atoms with van der Waals surface area (Å²) in [6, 6.07) is 16.5. The summed E-state index contributed by atoms with van der Waals surface area (Å²) in [5.74, 6) is -0.377. The smallest absolute Gasteiger partial charge is 0.341 e. The molecule has 0 saturated heterocycles. The molecule has 5 nitrogen and oxygen atoms in total. The van der Waals surface area contributed by atoms with Crippen LogP contribution >= 0.6 is 11.3 Å². The van der Waals surface area contributed by atoms with Crippen molar-refractivity contribution in [2.45, 2.75) is 6.92 Å². The molecule has 0 saturated carbocycles. The van der Waals surface area contributed by atoms with Crippen LogP contribution < -0.4 is 10.1 Å². The topological polar surface area (TPSA) is 64.6 Å². The van der Waals surface area contributed by atoms with E-state index in [1.165, 1.54) is 25.6 Å².